The summed E-state index contributed by atoms with van der Waals surface area (Å²) >= 11 is 0. The first kappa shape index (κ1) is 18.3. The summed E-state index contributed by atoms with van der Waals surface area (Å²) in [5.74, 6) is -0.0263. The van der Waals surface area contributed by atoms with Crippen molar-refractivity contribution in [1.29, 1.82) is 0 Å². The number of esters is 1. The van der Waals surface area contributed by atoms with E-state index in [1.54, 1.807) is 48.0 Å². The van der Waals surface area contributed by atoms with Crippen molar-refractivity contribution in [3.05, 3.63) is 71.2 Å². The van der Waals surface area contributed by atoms with Crippen LogP contribution >= 0.6 is 0 Å². The fourth-order valence-electron chi connectivity index (χ4n) is 2.61. The average molecular weight is 364 g/mol. The summed E-state index contributed by atoms with van der Waals surface area (Å²) in [6.07, 6.45) is 1.51. The van der Waals surface area contributed by atoms with Crippen molar-refractivity contribution in [2.45, 2.75) is 20.8 Å². The van der Waals surface area contributed by atoms with E-state index in [9.17, 15) is 9.59 Å². The highest BCUT2D eigenvalue weighted by Gasteiger charge is 2.10. The highest BCUT2D eigenvalue weighted by Crippen LogP contribution is 2.14. The topological polar surface area (TPSA) is 86.1 Å². The minimum absolute atomic E-state index is 0.286. The molecule has 0 saturated carbocycles. The molecule has 2 heterocycles. The van der Waals surface area contributed by atoms with Crippen molar-refractivity contribution < 1.29 is 14.3 Å². The largest absolute Gasteiger partial charge is 0.462 e. The maximum Gasteiger partial charge on any atom is 0.338 e. The van der Waals surface area contributed by atoms with Gasteiger partial charge in [0.15, 0.2) is 5.82 Å². The van der Waals surface area contributed by atoms with Crippen LogP contribution in [0.2, 0.25) is 0 Å². The lowest BCUT2D eigenvalue weighted by atomic mass is 10.2. The van der Waals surface area contributed by atoms with Crippen LogP contribution in [0.3, 0.4) is 0 Å². The van der Waals surface area contributed by atoms with Gasteiger partial charge in [-0.2, -0.15) is 5.10 Å². The Morgan fingerprint density at radius 3 is 2.33 bits per heavy atom. The molecule has 1 aromatic carbocycles. The number of carbonyl (C=O) groups is 2. The summed E-state index contributed by atoms with van der Waals surface area (Å²) in [5.41, 5.74) is 3.32. The number of rotatable bonds is 5. The second-order valence-corrected chi connectivity index (χ2v) is 6.00. The van der Waals surface area contributed by atoms with Crippen molar-refractivity contribution in [3.63, 3.8) is 0 Å². The molecule has 0 aliphatic heterocycles. The van der Waals surface area contributed by atoms with Crippen molar-refractivity contribution in [2.24, 2.45) is 0 Å². The number of aryl methyl sites for hydroxylation is 2. The third-order valence-corrected chi connectivity index (χ3v) is 3.89. The zero-order valence-corrected chi connectivity index (χ0v) is 15.4. The molecule has 0 radical (unpaired) electrons. The van der Waals surface area contributed by atoms with Crippen LogP contribution in [0.5, 0.6) is 0 Å². The van der Waals surface area contributed by atoms with Crippen molar-refractivity contribution >= 4 is 17.6 Å². The maximum absolute atomic E-state index is 12.4. The molecule has 27 heavy (non-hydrogen) atoms. The number of nitrogens with zero attached hydrogens (tertiary/aromatic N) is 3. The Balaban J connectivity index is 1.69. The van der Waals surface area contributed by atoms with Crippen LogP contribution in [0.1, 0.15) is 39.0 Å². The van der Waals surface area contributed by atoms with Crippen LogP contribution in [-0.2, 0) is 4.74 Å². The number of hydrogen-bond donors (Lipinski definition) is 1. The van der Waals surface area contributed by atoms with Gasteiger partial charge in [-0.15, -0.1) is 0 Å². The molecule has 0 fully saturated rings. The van der Waals surface area contributed by atoms with Gasteiger partial charge in [0, 0.05) is 17.6 Å². The van der Waals surface area contributed by atoms with Gasteiger partial charge in [-0.25, -0.2) is 14.5 Å². The van der Waals surface area contributed by atoms with Gasteiger partial charge in [0.1, 0.15) is 0 Å². The molecular formula is C20H20N4O3. The van der Waals surface area contributed by atoms with Crippen molar-refractivity contribution in [2.75, 3.05) is 11.9 Å². The van der Waals surface area contributed by atoms with Gasteiger partial charge in [-0.05, 0) is 63.2 Å². The first-order chi connectivity index (χ1) is 13.0. The number of benzene rings is 1. The number of ether oxygens (including phenoxy) is 1. The predicted octanol–water partition coefficient (Wildman–Crippen LogP) is 3.31. The Morgan fingerprint density at radius 1 is 1.07 bits per heavy atom. The molecule has 0 atom stereocenters. The normalized spacial score (nSPS) is 10.5. The predicted molar refractivity (Wildman–Crippen MR) is 101 cm³/mol. The SMILES string of the molecule is CCOC(=O)c1ccc(NC(=O)c2ccc(-n3nc(C)cc3C)nc2)cc1. The molecule has 3 rings (SSSR count). The number of carbonyl (C=O) groups excluding carboxylic acids is 2. The van der Waals surface area contributed by atoms with Crippen LogP contribution in [0, 0.1) is 13.8 Å². The quantitative estimate of drug-likeness (QED) is 0.702. The first-order valence-corrected chi connectivity index (χ1v) is 8.56. The molecule has 1 amide bonds. The molecule has 7 heteroatoms. The summed E-state index contributed by atoms with van der Waals surface area (Å²) < 4.78 is 6.66. The molecule has 7 nitrogen and oxygen atoms in total. The Hall–Kier alpha value is -3.48. The van der Waals surface area contributed by atoms with Crippen molar-refractivity contribution in [1.82, 2.24) is 14.8 Å². The van der Waals surface area contributed by atoms with Crippen LogP contribution in [-0.4, -0.2) is 33.2 Å². The third kappa shape index (κ3) is 4.20. The number of amides is 1. The van der Waals surface area contributed by atoms with E-state index < -0.39 is 0 Å². The van der Waals surface area contributed by atoms with Gasteiger partial charge >= 0.3 is 5.97 Å². The smallest absolute Gasteiger partial charge is 0.338 e. The van der Waals surface area contributed by atoms with Gasteiger partial charge in [0.2, 0.25) is 0 Å². The number of nitrogens with one attached hydrogen (secondary N) is 1. The fourth-order valence-corrected chi connectivity index (χ4v) is 2.61. The molecule has 0 bridgehead atoms. The van der Waals surface area contributed by atoms with Gasteiger partial charge in [-0.3, -0.25) is 4.79 Å². The summed E-state index contributed by atoms with van der Waals surface area (Å²) in [6, 6.07) is 11.9. The Bertz CT molecular complexity index is 960. The van der Waals surface area contributed by atoms with E-state index in [0.29, 0.717) is 29.2 Å². The highest BCUT2D eigenvalue weighted by atomic mass is 16.5. The van der Waals surface area contributed by atoms with E-state index in [4.69, 9.17) is 4.74 Å². The molecule has 0 aliphatic carbocycles. The zero-order valence-electron chi connectivity index (χ0n) is 15.4. The standard InChI is InChI=1S/C20H20N4O3/c1-4-27-20(26)15-5-8-17(9-6-15)22-19(25)16-7-10-18(21-12-16)24-14(3)11-13(2)23-24/h5-12H,4H2,1-3H3,(H,22,25). The monoisotopic (exact) mass is 364 g/mol. The van der Waals surface area contributed by atoms with Gasteiger partial charge < -0.3 is 10.1 Å². The molecule has 0 unspecified atom stereocenters. The number of aromatic nitrogens is 3. The maximum atomic E-state index is 12.4. The Labute approximate surface area is 157 Å². The molecule has 138 valence electrons. The summed E-state index contributed by atoms with van der Waals surface area (Å²) in [6.45, 7) is 5.93. The molecule has 0 spiro atoms. The van der Waals surface area contributed by atoms with E-state index in [1.807, 2.05) is 19.9 Å². The second kappa shape index (κ2) is 7.82. The van der Waals surface area contributed by atoms with E-state index in [0.717, 1.165) is 11.4 Å². The van der Waals surface area contributed by atoms with E-state index in [2.05, 4.69) is 15.4 Å². The summed E-state index contributed by atoms with van der Waals surface area (Å²) in [5, 5.41) is 7.15. The van der Waals surface area contributed by atoms with E-state index in [1.165, 1.54) is 6.20 Å². The van der Waals surface area contributed by atoms with Gasteiger partial charge in [-0.1, -0.05) is 0 Å². The molecule has 1 N–H and O–H groups in total. The molecular weight excluding hydrogens is 344 g/mol. The first-order valence-electron chi connectivity index (χ1n) is 8.56. The number of anilines is 1. The Morgan fingerprint density at radius 2 is 1.78 bits per heavy atom. The molecule has 0 saturated heterocycles. The van der Waals surface area contributed by atoms with Gasteiger partial charge in [0.25, 0.3) is 5.91 Å². The van der Waals surface area contributed by atoms with E-state index in [-0.39, 0.29) is 11.9 Å². The number of hydrogen-bond acceptors (Lipinski definition) is 5. The summed E-state index contributed by atoms with van der Waals surface area (Å²) in [7, 11) is 0. The lowest BCUT2D eigenvalue weighted by Crippen LogP contribution is -2.13. The molecule has 2 aromatic heterocycles. The number of pyridine rings is 1. The average Bonchev–Trinajstić information content (AvgIpc) is 3.01. The zero-order chi connectivity index (χ0) is 19.4. The fraction of sp³-hybridized carbons (Fsp3) is 0.200. The lowest BCUT2D eigenvalue weighted by Gasteiger charge is -2.08. The highest BCUT2D eigenvalue weighted by molar-refractivity contribution is 6.04. The molecule has 0 aliphatic rings. The van der Waals surface area contributed by atoms with Gasteiger partial charge in [0.05, 0.1) is 23.4 Å². The van der Waals surface area contributed by atoms with Crippen LogP contribution < -0.4 is 5.32 Å². The van der Waals surface area contributed by atoms with Crippen LogP contribution in [0.15, 0.2) is 48.7 Å². The summed E-state index contributed by atoms with van der Waals surface area (Å²) in [4.78, 5) is 28.4. The van der Waals surface area contributed by atoms with E-state index >= 15 is 0 Å². The van der Waals surface area contributed by atoms with Crippen LogP contribution in [0.25, 0.3) is 5.82 Å². The second-order valence-electron chi connectivity index (χ2n) is 6.00. The lowest BCUT2D eigenvalue weighted by molar-refractivity contribution is 0.0526. The minimum Gasteiger partial charge on any atom is -0.462 e. The third-order valence-electron chi connectivity index (χ3n) is 3.89. The van der Waals surface area contributed by atoms with Crippen molar-refractivity contribution in [3.8, 4) is 5.82 Å². The Kier molecular flexibility index (Phi) is 5.30. The van der Waals surface area contributed by atoms with Crippen LogP contribution in [0.4, 0.5) is 5.69 Å². The minimum atomic E-state index is -0.390. The molecule has 3 aromatic rings.